The summed E-state index contributed by atoms with van der Waals surface area (Å²) in [5, 5.41) is 0. The fourth-order valence-electron chi connectivity index (χ4n) is 3.10. The van der Waals surface area contributed by atoms with E-state index < -0.39 is 0 Å². The molecule has 3 aromatic rings. The number of rotatable bonds is 3. The number of fused-ring (bicyclic) bond motifs is 1. The summed E-state index contributed by atoms with van der Waals surface area (Å²) >= 11 is 0. The zero-order chi connectivity index (χ0) is 18.1. The van der Waals surface area contributed by atoms with Gasteiger partial charge in [0.1, 0.15) is 0 Å². The molecular formula is C18H19N7O. The summed E-state index contributed by atoms with van der Waals surface area (Å²) in [4.78, 5) is 32.2. The van der Waals surface area contributed by atoms with E-state index >= 15 is 0 Å². The van der Waals surface area contributed by atoms with Gasteiger partial charge < -0.3 is 16.4 Å². The molecule has 0 saturated carbocycles. The van der Waals surface area contributed by atoms with Gasteiger partial charge in [-0.1, -0.05) is 30.3 Å². The van der Waals surface area contributed by atoms with E-state index in [2.05, 4.69) is 24.8 Å². The van der Waals surface area contributed by atoms with Gasteiger partial charge in [0.15, 0.2) is 28.5 Å². The second-order valence-electron chi connectivity index (χ2n) is 6.28. The molecule has 1 saturated heterocycles. The number of nitrogens with zero attached hydrogens (tertiary/aromatic N) is 5. The third-order valence-corrected chi connectivity index (χ3v) is 4.46. The number of piperidine rings is 1. The largest absolute Gasteiger partial charge is 0.382 e. The minimum absolute atomic E-state index is 0.0362. The summed E-state index contributed by atoms with van der Waals surface area (Å²) in [6.45, 7) is 1.77. The molecular weight excluding hydrogens is 330 g/mol. The van der Waals surface area contributed by atoms with E-state index in [9.17, 15) is 4.79 Å². The molecule has 0 radical (unpaired) electrons. The molecule has 0 amide bonds. The third-order valence-electron chi connectivity index (χ3n) is 4.46. The maximum atomic E-state index is 12.7. The van der Waals surface area contributed by atoms with Crippen LogP contribution >= 0.6 is 0 Å². The van der Waals surface area contributed by atoms with Gasteiger partial charge in [-0.2, -0.15) is 9.97 Å². The van der Waals surface area contributed by atoms with Crippen LogP contribution < -0.4 is 16.4 Å². The highest BCUT2D eigenvalue weighted by molar-refractivity contribution is 6.11. The van der Waals surface area contributed by atoms with Gasteiger partial charge in [0, 0.05) is 18.7 Å². The van der Waals surface area contributed by atoms with E-state index in [1.807, 2.05) is 6.07 Å². The van der Waals surface area contributed by atoms with Crippen molar-refractivity contribution in [1.82, 2.24) is 19.9 Å². The molecule has 3 heterocycles. The molecule has 1 fully saturated rings. The van der Waals surface area contributed by atoms with Gasteiger partial charge in [0.2, 0.25) is 11.7 Å². The fourth-order valence-corrected chi connectivity index (χ4v) is 3.10. The Labute approximate surface area is 150 Å². The maximum absolute atomic E-state index is 12.7. The molecule has 8 heteroatoms. The summed E-state index contributed by atoms with van der Waals surface area (Å²) in [5.41, 5.74) is 13.2. The molecule has 0 bridgehead atoms. The number of benzene rings is 1. The average molecular weight is 349 g/mol. The predicted molar refractivity (Wildman–Crippen MR) is 99.9 cm³/mol. The Hall–Kier alpha value is -3.29. The number of carbonyl (C=O) groups is 1. The van der Waals surface area contributed by atoms with Gasteiger partial charge in [-0.3, -0.25) is 4.79 Å². The van der Waals surface area contributed by atoms with Crippen LogP contribution in [0.3, 0.4) is 0 Å². The lowest BCUT2D eigenvalue weighted by Crippen LogP contribution is -2.31. The lowest BCUT2D eigenvalue weighted by molar-refractivity contribution is 0.103. The SMILES string of the molecule is Nc1nc2nc(N3CCCCC3)nc(N)c2nc1C(=O)c1ccccc1. The maximum Gasteiger partial charge on any atom is 0.229 e. The van der Waals surface area contributed by atoms with Crippen molar-refractivity contribution in [3.8, 4) is 0 Å². The van der Waals surface area contributed by atoms with Gasteiger partial charge >= 0.3 is 0 Å². The third kappa shape index (κ3) is 2.90. The first-order valence-corrected chi connectivity index (χ1v) is 8.59. The van der Waals surface area contributed by atoms with Gasteiger partial charge in [-0.05, 0) is 19.3 Å². The van der Waals surface area contributed by atoms with E-state index in [0.717, 1.165) is 25.9 Å². The van der Waals surface area contributed by atoms with Crippen LogP contribution in [0.5, 0.6) is 0 Å². The molecule has 4 rings (SSSR count). The van der Waals surface area contributed by atoms with Crippen LogP contribution in [0.15, 0.2) is 30.3 Å². The smallest absolute Gasteiger partial charge is 0.229 e. The minimum atomic E-state index is -0.308. The highest BCUT2D eigenvalue weighted by Gasteiger charge is 2.21. The van der Waals surface area contributed by atoms with Crippen LogP contribution in [-0.4, -0.2) is 38.8 Å². The quantitative estimate of drug-likeness (QED) is 0.686. The molecule has 0 atom stereocenters. The predicted octanol–water partition coefficient (Wildman–Crippen LogP) is 1.81. The molecule has 0 unspecified atom stereocenters. The first kappa shape index (κ1) is 16.2. The number of hydrogen-bond acceptors (Lipinski definition) is 8. The van der Waals surface area contributed by atoms with E-state index in [0.29, 0.717) is 22.7 Å². The summed E-state index contributed by atoms with van der Waals surface area (Å²) in [5.74, 6) is 0.460. The van der Waals surface area contributed by atoms with Crippen molar-refractivity contribution in [1.29, 1.82) is 0 Å². The first-order valence-electron chi connectivity index (χ1n) is 8.59. The van der Waals surface area contributed by atoms with Crippen LogP contribution in [0.1, 0.15) is 35.3 Å². The molecule has 26 heavy (non-hydrogen) atoms. The molecule has 1 aromatic carbocycles. The number of nitrogen functional groups attached to an aromatic ring is 2. The number of nitrogens with two attached hydrogens (primary N) is 2. The minimum Gasteiger partial charge on any atom is -0.382 e. The van der Waals surface area contributed by atoms with Gasteiger partial charge in [-0.25, -0.2) is 9.97 Å². The second kappa shape index (κ2) is 6.55. The first-order chi connectivity index (χ1) is 12.6. The Morgan fingerprint density at radius 3 is 2.35 bits per heavy atom. The summed E-state index contributed by atoms with van der Waals surface area (Å²) in [6, 6.07) is 8.79. The molecule has 132 valence electrons. The number of ketones is 1. The van der Waals surface area contributed by atoms with Crippen LogP contribution in [0.2, 0.25) is 0 Å². The van der Waals surface area contributed by atoms with Crippen LogP contribution in [-0.2, 0) is 0 Å². The Bertz CT molecular complexity index is 968. The molecule has 1 aliphatic heterocycles. The van der Waals surface area contributed by atoms with Crippen LogP contribution in [0, 0.1) is 0 Å². The van der Waals surface area contributed by atoms with E-state index in [1.165, 1.54) is 6.42 Å². The number of anilines is 3. The van der Waals surface area contributed by atoms with Crippen molar-refractivity contribution in [2.75, 3.05) is 29.5 Å². The highest BCUT2D eigenvalue weighted by Crippen LogP contribution is 2.24. The molecule has 1 aliphatic rings. The molecule has 0 spiro atoms. The lowest BCUT2D eigenvalue weighted by Gasteiger charge is -2.26. The molecule has 2 aromatic heterocycles. The van der Waals surface area contributed by atoms with Gasteiger partial charge in [-0.15, -0.1) is 0 Å². The van der Waals surface area contributed by atoms with Crippen molar-refractivity contribution in [3.05, 3.63) is 41.6 Å². The average Bonchev–Trinajstić information content (AvgIpc) is 2.68. The summed E-state index contributed by atoms with van der Waals surface area (Å²) in [6.07, 6.45) is 3.40. The summed E-state index contributed by atoms with van der Waals surface area (Å²) in [7, 11) is 0. The number of carbonyl (C=O) groups excluding carboxylic acids is 1. The summed E-state index contributed by atoms with van der Waals surface area (Å²) < 4.78 is 0. The van der Waals surface area contributed by atoms with Crippen LogP contribution in [0.25, 0.3) is 11.2 Å². The number of hydrogen-bond donors (Lipinski definition) is 2. The van der Waals surface area contributed by atoms with E-state index in [1.54, 1.807) is 24.3 Å². The fraction of sp³-hybridized carbons (Fsp3) is 0.278. The molecule has 8 nitrogen and oxygen atoms in total. The monoisotopic (exact) mass is 349 g/mol. The Kier molecular flexibility index (Phi) is 4.08. The van der Waals surface area contributed by atoms with Crippen molar-refractivity contribution >= 4 is 34.5 Å². The molecule has 4 N–H and O–H groups in total. The second-order valence-corrected chi connectivity index (χ2v) is 6.28. The standard InChI is InChI=1S/C18H19N7O/c19-15-12(14(26)11-7-3-1-4-8-11)21-13-16(20)23-18(24-17(13)22-15)25-9-5-2-6-10-25/h1,3-4,7-8H,2,5-6,9-10H2,(H4,19,20,22,23,24). The van der Waals surface area contributed by atoms with Crippen molar-refractivity contribution in [2.45, 2.75) is 19.3 Å². The normalized spacial score (nSPS) is 14.5. The van der Waals surface area contributed by atoms with Crippen molar-refractivity contribution in [2.24, 2.45) is 0 Å². The van der Waals surface area contributed by atoms with E-state index in [-0.39, 0.29) is 23.1 Å². The van der Waals surface area contributed by atoms with Gasteiger partial charge in [0.25, 0.3) is 0 Å². The Morgan fingerprint density at radius 2 is 1.62 bits per heavy atom. The zero-order valence-corrected chi connectivity index (χ0v) is 14.2. The van der Waals surface area contributed by atoms with Gasteiger partial charge in [0.05, 0.1) is 0 Å². The van der Waals surface area contributed by atoms with Crippen molar-refractivity contribution in [3.63, 3.8) is 0 Å². The van der Waals surface area contributed by atoms with Crippen molar-refractivity contribution < 1.29 is 4.79 Å². The number of aromatic nitrogens is 4. The Balaban J connectivity index is 1.77. The van der Waals surface area contributed by atoms with E-state index in [4.69, 9.17) is 11.5 Å². The molecule has 0 aliphatic carbocycles. The zero-order valence-electron chi connectivity index (χ0n) is 14.2. The Morgan fingerprint density at radius 1 is 0.885 bits per heavy atom. The lowest BCUT2D eigenvalue weighted by atomic mass is 10.1. The van der Waals surface area contributed by atoms with Crippen LogP contribution in [0.4, 0.5) is 17.6 Å². The highest BCUT2D eigenvalue weighted by atomic mass is 16.1. The topological polar surface area (TPSA) is 124 Å².